The van der Waals surface area contributed by atoms with E-state index in [1.807, 2.05) is 0 Å². The second-order valence-electron chi connectivity index (χ2n) is 5.92. The third kappa shape index (κ3) is 3.40. The van der Waals surface area contributed by atoms with Crippen LogP contribution in [0, 0.1) is 24.0 Å². The molecule has 0 aromatic carbocycles. The number of amides is 1. The van der Waals surface area contributed by atoms with Gasteiger partial charge in [0.25, 0.3) is 0 Å². The van der Waals surface area contributed by atoms with Gasteiger partial charge in [-0.15, -0.1) is 0 Å². The first-order valence-electron chi connectivity index (χ1n) is 7.32. The molecule has 0 aliphatic carbocycles. The summed E-state index contributed by atoms with van der Waals surface area (Å²) in [6, 6.07) is 0. The number of carbonyl (C=O) groups excluding carboxylic acids is 1. The number of nitro groups is 1. The summed E-state index contributed by atoms with van der Waals surface area (Å²) in [5, 5.41) is 22.4. The number of rotatable bonds is 6. The van der Waals surface area contributed by atoms with Gasteiger partial charge in [0.05, 0.1) is 22.7 Å². The predicted molar refractivity (Wildman–Crippen MR) is 87.9 cm³/mol. The minimum Gasteiger partial charge on any atom is -0.352 e. The molecule has 0 saturated carbocycles. The Kier molecular flexibility index (Phi) is 4.93. The Hall–Kier alpha value is -2.42. The Labute approximate surface area is 143 Å². The van der Waals surface area contributed by atoms with E-state index in [1.54, 1.807) is 33.9 Å². The second kappa shape index (κ2) is 6.60. The van der Waals surface area contributed by atoms with Crippen LogP contribution in [0.2, 0.25) is 5.02 Å². The fourth-order valence-corrected chi connectivity index (χ4v) is 2.51. The van der Waals surface area contributed by atoms with Crippen molar-refractivity contribution in [2.24, 2.45) is 0 Å². The Balaban J connectivity index is 2.00. The lowest BCUT2D eigenvalue weighted by Gasteiger charge is -2.24. The largest absolute Gasteiger partial charge is 0.352 e. The van der Waals surface area contributed by atoms with Gasteiger partial charge in [0.2, 0.25) is 5.91 Å². The molecule has 2 aromatic heterocycles. The molecule has 0 fully saturated rings. The number of hydrogen-bond donors (Lipinski definition) is 1. The average Bonchev–Trinajstić information content (AvgIpc) is 3.03. The highest BCUT2D eigenvalue weighted by Crippen LogP contribution is 2.21. The maximum atomic E-state index is 12.4. The van der Waals surface area contributed by atoms with E-state index >= 15 is 0 Å². The molecule has 2 rings (SSSR count). The standard InChI is InChI=1S/C14H19ClN6O3/c1-9-12(21(23)24)10(2)19(18-9)6-5-16-13(22)14(3,4)20-8-11(15)7-17-20/h7-8H,5-6H2,1-4H3,(H,16,22). The van der Waals surface area contributed by atoms with E-state index in [2.05, 4.69) is 15.5 Å². The van der Waals surface area contributed by atoms with Crippen LogP contribution in [0.1, 0.15) is 25.2 Å². The van der Waals surface area contributed by atoms with Crippen LogP contribution in [0.4, 0.5) is 5.69 Å². The van der Waals surface area contributed by atoms with E-state index in [-0.39, 0.29) is 18.1 Å². The fourth-order valence-electron chi connectivity index (χ4n) is 2.37. The summed E-state index contributed by atoms with van der Waals surface area (Å²) in [5.74, 6) is -0.238. The molecule has 0 saturated heterocycles. The van der Waals surface area contributed by atoms with Crippen LogP contribution in [0.25, 0.3) is 0 Å². The van der Waals surface area contributed by atoms with Gasteiger partial charge in [-0.05, 0) is 27.7 Å². The van der Waals surface area contributed by atoms with Gasteiger partial charge >= 0.3 is 5.69 Å². The molecule has 0 spiro atoms. The van der Waals surface area contributed by atoms with E-state index < -0.39 is 10.5 Å². The molecule has 0 radical (unpaired) electrons. The van der Waals surface area contributed by atoms with Crippen molar-refractivity contribution in [2.75, 3.05) is 6.54 Å². The molecule has 0 atom stereocenters. The predicted octanol–water partition coefficient (Wildman–Crippen LogP) is 1.81. The molecule has 0 unspecified atom stereocenters. The number of nitrogens with zero attached hydrogens (tertiary/aromatic N) is 5. The number of hydrogen-bond acceptors (Lipinski definition) is 5. The first-order valence-corrected chi connectivity index (χ1v) is 7.69. The van der Waals surface area contributed by atoms with E-state index in [0.29, 0.717) is 23.0 Å². The van der Waals surface area contributed by atoms with Gasteiger partial charge in [0.15, 0.2) is 0 Å². The molecule has 0 aliphatic rings. The van der Waals surface area contributed by atoms with Crippen molar-refractivity contribution < 1.29 is 9.72 Å². The van der Waals surface area contributed by atoms with E-state index in [9.17, 15) is 14.9 Å². The lowest BCUT2D eigenvalue weighted by molar-refractivity contribution is -0.386. The van der Waals surface area contributed by atoms with Crippen LogP contribution in [0.15, 0.2) is 12.4 Å². The van der Waals surface area contributed by atoms with Crippen molar-refractivity contribution in [3.05, 3.63) is 38.9 Å². The van der Waals surface area contributed by atoms with Crippen molar-refractivity contribution in [3.8, 4) is 0 Å². The monoisotopic (exact) mass is 354 g/mol. The van der Waals surface area contributed by atoms with E-state index in [1.165, 1.54) is 15.6 Å². The second-order valence-corrected chi connectivity index (χ2v) is 6.35. The lowest BCUT2D eigenvalue weighted by Crippen LogP contribution is -2.45. The molecule has 9 nitrogen and oxygen atoms in total. The van der Waals surface area contributed by atoms with Crippen LogP contribution in [0.3, 0.4) is 0 Å². The van der Waals surface area contributed by atoms with Crippen LogP contribution in [0.5, 0.6) is 0 Å². The number of aryl methyl sites for hydroxylation is 1. The van der Waals surface area contributed by atoms with Crippen molar-refractivity contribution >= 4 is 23.2 Å². The molecule has 1 amide bonds. The Morgan fingerprint density at radius 3 is 2.62 bits per heavy atom. The number of nitrogens with one attached hydrogen (secondary N) is 1. The molecular formula is C14H19ClN6O3. The van der Waals surface area contributed by atoms with Crippen LogP contribution >= 0.6 is 11.6 Å². The number of halogens is 1. The minimum atomic E-state index is -0.909. The Morgan fingerprint density at radius 2 is 2.12 bits per heavy atom. The highest BCUT2D eigenvalue weighted by atomic mass is 35.5. The molecule has 10 heteroatoms. The van der Waals surface area contributed by atoms with E-state index in [0.717, 1.165) is 0 Å². The molecule has 24 heavy (non-hydrogen) atoms. The highest BCUT2D eigenvalue weighted by Gasteiger charge is 2.30. The Bertz CT molecular complexity index is 780. The molecule has 130 valence electrons. The number of aromatic nitrogens is 4. The van der Waals surface area contributed by atoms with Crippen LogP contribution in [-0.2, 0) is 16.9 Å². The van der Waals surface area contributed by atoms with Crippen molar-refractivity contribution in [3.63, 3.8) is 0 Å². The molecule has 2 heterocycles. The third-order valence-electron chi connectivity index (χ3n) is 3.81. The van der Waals surface area contributed by atoms with Gasteiger partial charge in [-0.25, -0.2) is 0 Å². The molecule has 0 bridgehead atoms. The third-order valence-corrected chi connectivity index (χ3v) is 4.01. The summed E-state index contributed by atoms with van der Waals surface area (Å²) >= 11 is 5.83. The van der Waals surface area contributed by atoms with E-state index in [4.69, 9.17) is 11.6 Å². The van der Waals surface area contributed by atoms with Crippen molar-refractivity contribution in [1.29, 1.82) is 0 Å². The van der Waals surface area contributed by atoms with Crippen LogP contribution in [-0.4, -0.2) is 36.9 Å². The highest BCUT2D eigenvalue weighted by molar-refractivity contribution is 6.30. The maximum Gasteiger partial charge on any atom is 0.312 e. The van der Waals surface area contributed by atoms with Gasteiger partial charge in [-0.1, -0.05) is 11.6 Å². The number of carbonyl (C=O) groups is 1. The summed E-state index contributed by atoms with van der Waals surface area (Å²) in [6.07, 6.45) is 3.04. The maximum absolute atomic E-state index is 12.4. The van der Waals surface area contributed by atoms with Gasteiger partial charge in [-0.2, -0.15) is 10.2 Å². The molecular weight excluding hydrogens is 336 g/mol. The first-order chi connectivity index (χ1) is 11.1. The SMILES string of the molecule is Cc1nn(CCNC(=O)C(C)(C)n2cc(Cl)cn2)c(C)c1[N+](=O)[O-]. The molecule has 2 aromatic rings. The topological polar surface area (TPSA) is 108 Å². The molecule has 0 aliphatic heterocycles. The summed E-state index contributed by atoms with van der Waals surface area (Å²) in [4.78, 5) is 22.9. The normalized spacial score (nSPS) is 11.5. The minimum absolute atomic E-state index is 0.00726. The van der Waals surface area contributed by atoms with Crippen LogP contribution < -0.4 is 5.32 Å². The van der Waals surface area contributed by atoms with Gasteiger partial charge in [0.1, 0.15) is 16.9 Å². The zero-order chi connectivity index (χ0) is 18.1. The first kappa shape index (κ1) is 17.9. The zero-order valence-corrected chi connectivity index (χ0v) is 14.7. The average molecular weight is 355 g/mol. The fraction of sp³-hybridized carbons (Fsp3) is 0.500. The smallest absolute Gasteiger partial charge is 0.312 e. The van der Waals surface area contributed by atoms with Gasteiger partial charge < -0.3 is 5.32 Å². The summed E-state index contributed by atoms with van der Waals surface area (Å²) in [7, 11) is 0. The lowest BCUT2D eigenvalue weighted by atomic mass is 10.1. The van der Waals surface area contributed by atoms with Crippen molar-refractivity contribution in [2.45, 2.75) is 39.8 Å². The van der Waals surface area contributed by atoms with Crippen molar-refractivity contribution in [1.82, 2.24) is 24.9 Å². The summed E-state index contributed by atoms with van der Waals surface area (Å²) in [5.41, 5.74) is -0.0816. The van der Waals surface area contributed by atoms with Gasteiger partial charge in [-0.3, -0.25) is 24.3 Å². The Morgan fingerprint density at radius 1 is 1.46 bits per heavy atom. The summed E-state index contributed by atoms with van der Waals surface area (Å²) < 4.78 is 3.00. The van der Waals surface area contributed by atoms with Gasteiger partial charge in [0, 0.05) is 12.7 Å². The molecule has 1 N–H and O–H groups in total. The summed E-state index contributed by atoms with van der Waals surface area (Å²) in [6.45, 7) is 7.29. The quantitative estimate of drug-likeness (QED) is 0.628. The zero-order valence-electron chi connectivity index (χ0n) is 13.9.